The van der Waals surface area contributed by atoms with Crippen LogP contribution in [0, 0.1) is 0 Å². The fourth-order valence-electron chi connectivity index (χ4n) is 10.1. The van der Waals surface area contributed by atoms with Gasteiger partial charge in [0.15, 0.2) is 0 Å². The molecule has 9 aromatic rings. The van der Waals surface area contributed by atoms with E-state index in [0.717, 1.165) is 17.1 Å². The summed E-state index contributed by atoms with van der Waals surface area (Å²) in [7, 11) is 0. The Morgan fingerprint density at radius 3 is 1.58 bits per heavy atom. The molecule has 0 spiro atoms. The molecule has 0 aromatic heterocycles. The van der Waals surface area contributed by atoms with Crippen molar-refractivity contribution < 1.29 is 0 Å². The van der Waals surface area contributed by atoms with E-state index in [1.807, 2.05) is 0 Å². The molecular formula is C58H46N2. The maximum atomic E-state index is 2.55. The second-order valence-electron chi connectivity index (χ2n) is 17.4. The summed E-state index contributed by atoms with van der Waals surface area (Å²) in [5, 5.41) is 2.44. The first kappa shape index (κ1) is 36.0. The summed E-state index contributed by atoms with van der Waals surface area (Å²) in [5.74, 6) is 0. The van der Waals surface area contributed by atoms with Gasteiger partial charge in [0, 0.05) is 38.8 Å². The Labute approximate surface area is 353 Å². The molecule has 0 unspecified atom stereocenters. The second kappa shape index (κ2) is 13.7. The summed E-state index contributed by atoms with van der Waals surface area (Å²) in [6.07, 6.45) is 0. The summed E-state index contributed by atoms with van der Waals surface area (Å²) in [4.78, 5) is 4.87. The second-order valence-corrected chi connectivity index (χ2v) is 17.4. The molecule has 0 fully saturated rings. The summed E-state index contributed by atoms with van der Waals surface area (Å²) in [5.41, 5.74) is 19.7. The van der Waals surface area contributed by atoms with Gasteiger partial charge in [-0.25, -0.2) is 0 Å². The molecule has 1 aliphatic heterocycles. The van der Waals surface area contributed by atoms with Gasteiger partial charge in [0.1, 0.15) is 0 Å². The number of hydrogen-bond donors (Lipinski definition) is 0. The molecule has 2 aliphatic rings. The van der Waals surface area contributed by atoms with Crippen LogP contribution in [0.15, 0.2) is 206 Å². The summed E-state index contributed by atoms with van der Waals surface area (Å²) in [6, 6.07) is 76.0. The Balaban J connectivity index is 1.08. The van der Waals surface area contributed by atoms with Gasteiger partial charge in [-0.05, 0) is 116 Å². The Bertz CT molecular complexity index is 3050. The highest BCUT2D eigenvalue weighted by atomic mass is 15.2. The molecule has 0 amide bonds. The van der Waals surface area contributed by atoms with Crippen LogP contribution in [0.25, 0.3) is 44.2 Å². The Kier molecular flexibility index (Phi) is 8.22. The Hall–Kier alpha value is -7.16. The van der Waals surface area contributed by atoms with Gasteiger partial charge in [-0.15, -0.1) is 0 Å². The number of fused-ring (bicyclic) bond motifs is 6. The first-order valence-corrected chi connectivity index (χ1v) is 21.1. The number of rotatable bonds is 6. The van der Waals surface area contributed by atoms with Crippen molar-refractivity contribution in [3.8, 4) is 33.4 Å². The fourth-order valence-corrected chi connectivity index (χ4v) is 10.1. The summed E-state index contributed by atoms with van der Waals surface area (Å²) in [6.45, 7) is 9.51. The zero-order valence-corrected chi connectivity index (χ0v) is 34.5. The van der Waals surface area contributed by atoms with Crippen LogP contribution in [0.1, 0.15) is 49.9 Å². The van der Waals surface area contributed by atoms with E-state index >= 15 is 0 Å². The molecule has 0 bridgehead atoms. The molecule has 60 heavy (non-hydrogen) atoms. The van der Waals surface area contributed by atoms with Gasteiger partial charge in [-0.3, -0.25) is 0 Å². The molecule has 0 N–H and O–H groups in total. The van der Waals surface area contributed by atoms with Crippen LogP contribution in [0.4, 0.5) is 34.1 Å². The number of hydrogen-bond acceptors (Lipinski definition) is 2. The maximum absolute atomic E-state index is 2.55. The van der Waals surface area contributed by atoms with Crippen molar-refractivity contribution in [2.75, 3.05) is 9.80 Å². The van der Waals surface area contributed by atoms with Crippen molar-refractivity contribution in [1.29, 1.82) is 0 Å². The maximum Gasteiger partial charge on any atom is 0.0618 e. The molecule has 2 heteroatoms. The number of anilines is 6. The molecule has 0 atom stereocenters. The van der Waals surface area contributed by atoms with Gasteiger partial charge in [-0.2, -0.15) is 0 Å². The minimum atomic E-state index is -0.241. The fraction of sp³-hybridized carbons (Fsp3) is 0.103. The van der Waals surface area contributed by atoms with Crippen molar-refractivity contribution in [3.63, 3.8) is 0 Å². The third-order valence-electron chi connectivity index (χ3n) is 13.2. The average Bonchev–Trinajstić information content (AvgIpc) is 3.52. The topological polar surface area (TPSA) is 6.48 Å². The molecular weight excluding hydrogens is 725 g/mol. The lowest BCUT2D eigenvalue weighted by Gasteiger charge is -2.43. The van der Waals surface area contributed by atoms with Crippen molar-refractivity contribution in [1.82, 2.24) is 0 Å². The molecule has 2 nitrogen and oxygen atoms in total. The first-order valence-electron chi connectivity index (χ1n) is 21.1. The van der Waals surface area contributed by atoms with E-state index in [4.69, 9.17) is 0 Å². The third-order valence-corrected chi connectivity index (χ3v) is 13.2. The van der Waals surface area contributed by atoms with Crippen LogP contribution in [0.3, 0.4) is 0 Å². The molecule has 1 aliphatic carbocycles. The molecule has 1 heterocycles. The van der Waals surface area contributed by atoms with E-state index in [-0.39, 0.29) is 10.8 Å². The van der Waals surface area contributed by atoms with E-state index in [1.165, 1.54) is 83.5 Å². The lowest BCUT2D eigenvalue weighted by Crippen LogP contribution is -2.31. The standard InChI is InChI=1S/C58H46N2/c1-57(2)50-24-14-13-23-48(50)49-35-30-41(37-52(49)57)42-31-36-55-53(38-42)58(3,4)51-25-15-16-26-54(51)60(55)56-46-22-12-11-17-39(46)29-34-47(56)40-27-32-45(33-28-40)59(43-18-7-5-8-19-43)44-20-9-6-10-21-44/h5-38H,1-4H3. The molecule has 288 valence electrons. The lowest BCUT2D eigenvalue weighted by molar-refractivity contribution is 0.632. The highest BCUT2D eigenvalue weighted by molar-refractivity contribution is 6.07. The van der Waals surface area contributed by atoms with Gasteiger partial charge in [-0.1, -0.05) is 173 Å². The summed E-state index contributed by atoms with van der Waals surface area (Å²) >= 11 is 0. The van der Waals surface area contributed by atoms with Crippen LogP contribution in [0.2, 0.25) is 0 Å². The molecule has 0 radical (unpaired) electrons. The lowest BCUT2D eigenvalue weighted by atomic mass is 9.72. The zero-order chi connectivity index (χ0) is 40.6. The smallest absolute Gasteiger partial charge is 0.0618 e. The van der Waals surface area contributed by atoms with E-state index in [1.54, 1.807) is 0 Å². The predicted molar refractivity (Wildman–Crippen MR) is 254 cm³/mol. The van der Waals surface area contributed by atoms with Crippen molar-refractivity contribution in [3.05, 3.63) is 229 Å². The quantitative estimate of drug-likeness (QED) is 0.166. The van der Waals surface area contributed by atoms with Crippen LogP contribution < -0.4 is 9.80 Å². The average molecular weight is 771 g/mol. The first-order chi connectivity index (χ1) is 29.3. The highest BCUT2D eigenvalue weighted by Gasteiger charge is 2.39. The predicted octanol–water partition coefficient (Wildman–Crippen LogP) is 16.1. The summed E-state index contributed by atoms with van der Waals surface area (Å²) < 4.78 is 0. The van der Waals surface area contributed by atoms with Gasteiger partial charge in [0.2, 0.25) is 0 Å². The monoisotopic (exact) mass is 770 g/mol. The largest absolute Gasteiger partial charge is 0.311 e. The normalized spacial score (nSPS) is 14.2. The van der Waals surface area contributed by atoms with Gasteiger partial charge >= 0.3 is 0 Å². The molecule has 9 aromatic carbocycles. The Morgan fingerprint density at radius 2 is 0.850 bits per heavy atom. The SMILES string of the molecule is CC1(C)c2ccccc2-c2ccc(-c3ccc4c(c3)C(C)(C)c3ccccc3N4c3c(-c4ccc(N(c5ccccc5)c5ccccc5)cc4)ccc4ccccc34)cc21. The Morgan fingerprint density at radius 1 is 0.350 bits per heavy atom. The molecule has 0 saturated carbocycles. The van der Waals surface area contributed by atoms with Crippen LogP contribution in [-0.2, 0) is 10.8 Å². The van der Waals surface area contributed by atoms with E-state index in [9.17, 15) is 0 Å². The molecule has 0 saturated heterocycles. The van der Waals surface area contributed by atoms with Crippen molar-refractivity contribution in [2.24, 2.45) is 0 Å². The van der Waals surface area contributed by atoms with Crippen molar-refractivity contribution in [2.45, 2.75) is 38.5 Å². The van der Waals surface area contributed by atoms with Crippen molar-refractivity contribution >= 4 is 44.9 Å². The van der Waals surface area contributed by atoms with Gasteiger partial charge in [0.05, 0.1) is 17.1 Å². The van der Waals surface area contributed by atoms with E-state index in [0.29, 0.717) is 0 Å². The third kappa shape index (κ3) is 5.55. The highest BCUT2D eigenvalue weighted by Crippen LogP contribution is 2.56. The van der Waals surface area contributed by atoms with Crippen LogP contribution in [-0.4, -0.2) is 0 Å². The minimum absolute atomic E-state index is 0.0600. The van der Waals surface area contributed by atoms with Crippen LogP contribution >= 0.6 is 0 Å². The van der Waals surface area contributed by atoms with E-state index < -0.39 is 0 Å². The minimum Gasteiger partial charge on any atom is -0.311 e. The van der Waals surface area contributed by atoms with Gasteiger partial charge < -0.3 is 9.80 Å². The van der Waals surface area contributed by atoms with E-state index in [2.05, 4.69) is 244 Å². The zero-order valence-electron chi connectivity index (χ0n) is 34.5. The molecule has 11 rings (SSSR count). The number of nitrogens with zero attached hydrogens (tertiary/aromatic N) is 2. The number of benzene rings is 9. The van der Waals surface area contributed by atoms with Gasteiger partial charge in [0.25, 0.3) is 0 Å². The number of para-hydroxylation sites is 3. The van der Waals surface area contributed by atoms with Crippen LogP contribution in [0.5, 0.6) is 0 Å².